The molecule has 126 valence electrons. The van der Waals surface area contributed by atoms with Gasteiger partial charge in [0.25, 0.3) is 11.6 Å². The number of nitro groups is 1. The van der Waals surface area contributed by atoms with E-state index in [0.717, 1.165) is 12.1 Å². The van der Waals surface area contributed by atoms with E-state index >= 15 is 0 Å². The van der Waals surface area contributed by atoms with Crippen LogP contribution in [0.4, 0.5) is 24.5 Å². The fourth-order valence-electron chi connectivity index (χ4n) is 2.05. The Bertz CT molecular complexity index is 822. The van der Waals surface area contributed by atoms with Crippen molar-refractivity contribution in [2.45, 2.75) is 13.1 Å². The van der Waals surface area contributed by atoms with Gasteiger partial charge in [0, 0.05) is 17.2 Å². The van der Waals surface area contributed by atoms with Gasteiger partial charge < -0.3 is 5.32 Å². The second-order valence-electron chi connectivity index (χ2n) is 4.85. The number of halogens is 4. The number of alkyl halides is 3. The maximum atomic E-state index is 12.6. The Balaban J connectivity index is 2.31. The van der Waals surface area contributed by atoms with E-state index in [1.54, 1.807) is 0 Å². The van der Waals surface area contributed by atoms with Crippen molar-refractivity contribution in [2.24, 2.45) is 0 Å². The van der Waals surface area contributed by atoms with Gasteiger partial charge in [0.05, 0.1) is 21.2 Å². The molecule has 2 aromatic rings. The fraction of sp³-hybridized carbons (Fsp3) is 0.133. The molecule has 0 heterocycles. The predicted molar refractivity (Wildman–Crippen MR) is 82.2 cm³/mol. The third-order valence-corrected chi connectivity index (χ3v) is 3.60. The number of anilines is 1. The van der Waals surface area contributed by atoms with Crippen molar-refractivity contribution in [3.8, 4) is 0 Å². The van der Waals surface area contributed by atoms with E-state index in [-0.39, 0.29) is 27.5 Å². The van der Waals surface area contributed by atoms with Gasteiger partial charge in [0.15, 0.2) is 0 Å². The van der Waals surface area contributed by atoms with Crippen LogP contribution in [0, 0.1) is 17.0 Å². The Morgan fingerprint density at radius 3 is 2.46 bits per heavy atom. The second kappa shape index (κ2) is 6.48. The Kier molecular flexibility index (Phi) is 4.79. The monoisotopic (exact) mass is 358 g/mol. The largest absolute Gasteiger partial charge is 0.416 e. The fourth-order valence-corrected chi connectivity index (χ4v) is 2.28. The molecule has 1 amide bonds. The van der Waals surface area contributed by atoms with Gasteiger partial charge in [-0.15, -0.1) is 0 Å². The minimum atomic E-state index is -4.55. The zero-order chi connectivity index (χ0) is 18.1. The van der Waals surface area contributed by atoms with E-state index in [9.17, 15) is 28.1 Å². The van der Waals surface area contributed by atoms with Crippen molar-refractivity contribution >= 4 is 28.9 Å². The number of hydrogen-bond acceptors (Lipinski definition) is 3. The number of carbonyl (C=O) groups is 1. The zero-order valence-electron chi connectivity index (χ0n) is 12.1. The van der Waals surface area contributed by atoms with Crippen molar-refractivity contribution in [1.29, 1.82) is 0 Å². The standard InChI is InChI=1S/C15H10ClF3N2O3/c1-8-10(3-2-4-13(8)21(23)24)14(22)20-12-6-5-9(7-11(12)16)15(17,18)19/h2-7H,1H3,(H,20,22). The Hall–Kier alpha value is -2.61. The highest BCUT2D eigenvalue weighted by Crippen LogP contribution is 2.34. The summed E-state index contributed by atoms with van der Waals surface area (Å²) in [5.74, 6) is -0.710. The number of carbonyl (C=O) groups excluding carboxylic acids is 1. The highest BCUT2D eigenvalue weighted by Gasteiger charge is 2.31. The number of nitro benzene ring substituents is 1. The molecule has 9 heteroatoms. The lowest BCUT2D eigenvalue weighted by Crippen LogP contribution is -2.15. The SMILES string of the molecule is Cc1c(C(=O)Nc2ccc(C(F)(F)F)cc2Cl)cccc1[N+](=O)[O-]. The Labute approximate surface area is 139 Å². The minimum absolute atomic E-state index is 0.0272. The summed E-state index contributed by atoms with van der Waals surface area (Å²) in [7, 11) is 0. The maximum Gasteiger partial charge on any atom is 0.416 e. The first-order valence-corrected chi connectivity index (χ1v) is 6.91. The van der Waals surface area contributed by atoms with Crippen LogP contribution in [0.15, 0.2) is 36.4 Å². The number of rotatable bonds is 3. The summed E-state index contributed by atoms with van der Waals surface area (Å²) in [5.41, 5.74) is -1.04. The highest BCUT2D eigenvalue weighted by atomic mass is 35.5. The van der Waals surface area contributed by atoms with E-state index in [1.165, 1.54) is 25.1 Å². The molecule has 0 bridgehead atoms. The molecule has 2 rings (SSSR count). The van der Waals surface area contributed by atoms with Gasteiger partial charge in [-0.1, -0.05) is 17.7 Å². The van der Waals surface area contributed by atoms with Gasteiger partial charge in [-0.3, -0.25) is 14.9 Å². The number of nitrogens with zero attached hydrogens (tertiary/aromatic N) is 1. The number of hydrogen-bond donors (Lipinski definition) is 1. The number of nitrogens with one attached hydrogen (secondary N) is 1. The average molecular weight is 359 g/mol. The van der Waals surface area contributed by atoms with Crippen LogP contribution in [-0.2, 0) is 6.18 Å². The first-order chi connectivity index (χ1) is 11.1. The van der Waals surface area contributed by atoms with Crippen LogP contribution in [0.2, 0.25) is 5.02 Å². The number of benzene rings is 2. The average Bonchev–Trinajstić information content (AvgIpc) is 2.48. The summed E-state index contributed by atoms with van der Waals surface area (Å²) in [4.78, 5) is 22.5. The predicted octanol–water partition coefficient (Wildman–Crippen LogP) is 4.83. The lowest BCUT2D eigenvalue weighted by atomic mass is 10.1. The van der Waals surface area contributed by atoms with Crippen molar-refractivity contribution < 1.29 is 22.9 Å². The van der Waals surface area contributed by atoms with Gasteiger partial charge in [0.1, 0.15) is 0 Å². The molecule has 0 atom stereocenters. The van der Waals surface area contributed by atoms with Gasteiger partial charge in [-0.05, 0) is 31.2 Å². The molecule has 24 heavy (non-hydrogen) atoms. The van der Waals surface area contributed by atoms with E-state index in [1.807, 2.05) is 0 Å². The number of amides is 1. The van der Waals surface area contributed by atoms with Crippen LogP contribution >= 0.6 is 11.6 Å². The third-order valence-electron chi connectivity index (χ3n) is 3.29. The highest BCUT2D eigenvalue weighted by molar-refractivity contribution is 6.34. The van der Waals surface area contributed by atoms with Gasteiger partial charge >= 0.3 is 6.18 Å². The molecular formula is C15H10ClF3N2O3. The van der Waals surface area contributed by atoms with E-state index in [2.05, 4.69) is 5.32 Å². The summed E-state index contributed by atoms with van der Waals surface area (Å²) < 4.78 is 37.8. The molecular weight excluding hydrogens is 349 g/mol. The molecule has 0 spiro atoms. The van der Waals surface area contributed by atoms with Crippen LogP contribution in [0.5, 0.6) is 0 Å². The van der Waals surface area contributed by atoms with Crippen molar-refractivity contribution in [1.82, 2.24) is 0 Å². The zero-order valence-corrected chi connectivity index (χ0v) is 12.9. The second-order valence-corrected chi connectivity index (χ2v) is 5.26. The molecule has 2 aromatic carbocycles. The minimum Gasteiger partial charge on any atom is -0.321 e. The van der Waals surface area contributed by atoms with Gasteiger partial charge in [-0.2, -0.15) is 13.2 Å². The Morgan fingerprint density at radius 1 is 1.25 bits per heavy atom. The quantitative estimate of drug-likeness (QED) is 0.631. The Morgan fingerprint density at radius 2 is 1.92 bits per heavy atom. The first kappa shape index (κ1) is 17.7. The van der Waals surface area contributed by atoms with Gasteiger partial charge in [-0.25, -0.2) is 0 Å². The molecule has 0 aliphatic heterocycles. The van der Waals surface area contributed by atoms with Crippen molar-refractivity contribution in [3.63, 3.8) is 0 Å². The molecule has 0 saturated heterocycles. The summed E-state index contributed by atoms with van der Waals surface area (Å²) in [5, 5.41) is 12.9. The van der Waals surface area contributed by atoms with E-state index in [4.69, 9.17) is 11.6 Å². The first-order valence-electron chi connectivity index (χ1n) is 6.53. The molecule has 0 aliphatic carbocycles. The maximum absolute atomic E-state index is 12.6. The summed E-state index contributed by atoms with van der Waals surface area (Å²) >= 11 is 5.77. The summed E-state index contributed by atoms with van der Waals surface area (Å²) in [6.07, 6.45) is -4.55. The molecule has 0 unspecified atom stereocenters. The molecule has 5 nitrogen and oxygen atoms in total. The van der Waals surface area contributed by atoms with Crippen LogP contribution in [0.25, 0.3) is 0 Å². The molecule has 0 aromatic heterocycles. The van der Waals surface area contributed by atoms with Crippen molar-refractivity contribution in [2.75, 3.05) is 5.32 Å². The van der Waals surface area contributed by atoms with Gasteiger partial charge in [0.2, 0.25) is 0 Å². The lowest BCUT2D eigenvalue weighted by Gasteiger charge is -2.12. The van der Waals surface area contributed by atoms with Crippen LogP contribution in [0.3, 0.4) is 0 Å². The summed E-state index contributed by atoms with van der Waals surface area (Å²) in [6.45, 7) is 1.40. The topological polar surface area (TPSA) is 72.2 Å². The van der Waals surface area contributed by atoms with E-state index in [0.29, 0.717) is 6.07 Å². The summed E-state index contributed by atoms with van der Waals surface area (Å²) in [6, 6.07) is 6.45. The van der Waals surface area contributed by atoms with Crippen LogP contribution < -0.4 is 5.32 Å². The lowest BCUT2D eigenvalue weighted by molar-refractivity contribution is -0.385. The third kappa shape index (κ3) is 3.65. The van der Waals surface area contributed by atoms with Crippen LogP contribution in [0.1, 0.15) is 21.5 Å². The van der Waals surface area contributed by atoms with E-state index < -0.39 is 22.6 Å². The molecule has 0 saturated carbocycles. The molecule has 1 N–H and O–H groups in total. The van der Waals surface area contributed by atoms with Crippen molar-refractivity contribution in [3.05, 3.63) is 68.2 Å². The molecule has 0 aliphatic rings. The molecule has 0 radical (unpaired) electrons. The normalized spacial score (nSPS) is 11.2. The molecule has 0 fully saturated rings. The van der Waals surface area contributed by atoms with Crippen LogP contribution in [-0.4, -0.2) is 10.8 Å². The smallest absolute Gasteiger partial charge is 0.321 e.